The van der Waals surface area contributed by atoms with Crippen LogP contribution in [0.15, 0.2) is 59.3 Å². The van der Waals surface area contributed by atoms with Gasteiger partial charge in [-0.05, 0) is 23.8 Å². The highest BCUT2D eigenvalue weighted by atomic mass is 79.9. The second kappa shape index (κ2) is 6.00. The third-order valence-electron chi connectivity index (χ3n) is 5.09. The number of H-pyrrole nitrogens is 2. The van der Waals surface area contributed by atoms with Gasteiger partial charge in [-0.15, -0.1) is 0 Å². The highest BCUT2D eigenvalue weighted by molar-refractivity contribution is 9.10. The number of halogens is 1. The fraction of sp³-hybridized carbons (Fsp3) is 0.150. The molecule has 2 aromatic carbocycles. The van der Waals surface area contributed by atoms with Crippen LogP contribution in [0.4, 0.5) is 0 Å². The van der Waals surface area contributed by atoms with Crippen molar-refractivity contribution in [3.8, 4) is 0 Å². The van der Waals surface area contributed by atoms with E-state index in [1.54, 1.807) is 0 Å². The predicted molar refractivity (Wildman–Crippen MR) is 106 cm³/mol. The Labute approximate surface area is 158 Å². The Morgan fingerprint density at radius 2 is 1.69 bits per heavy atom. The molecule has 1 aliphatic heterocycles. The highest BCUT2D eigenvalue weighted by Crippen LogP contribution is 2.32. The zero-order chi connectivity index (χ0) is 17.7. The van der Waals surface area contributed by atoms with Crippen LogP contribution in [0.1, 0.15) is 23.2 Å². The monoisotopic (exact) mass is 408 g/mol. The molecule has 0 aliphatic carbocycles. The molecule has 4 N–H and O–H groups in total. The van der Waals surface area contributed by atoms with Crippen LogP contribution in [0.5, 0.6) is 0 Å². The van der Waals surface area contributed by atoms with Gasteiger partial charge in [0.15, 0.2) is 0 Å². The van der Waals surface area contributed by atoms with Crippen molar-refractivity contribution in [3.05, 3.63) is 70.5 Å². The molecule has 0 spiro atoms. The maximum Gasteiger partial charge on any atom is 0.241 e. The van der Waals surface area contributed by atoms with Gasteiger partial charge in [-0.3, -0.25) is 10.1 Å². The molecule has 0 radical (unpaired) electrons. The number of amides is 1. The summed E-state index contributed by atoms with van der Waals surface area (Å²) in [7, 11) is 0. The number of hydrogen-bond acceptors (Lipinski definition) is 2. The third-order valence-corrected chi connectivity index (χ3v) is 5.59. The topological polar surface area (TPSA) is 72.7 Å². The number of aromatic amines is 2. The summed E-state index contributed by atoms with van der Waals surface area (Å²) in [5, 5.41) is 8.84. The molecule has 1 saturated heterocycles. The Balaban J connectivity index is 1.53. The summed E-state index contributed by atoms with van der Waals surface area (Å²) < 4.78 is 1.01. The normalized spacial score (nSPS) is 20.6. The SMILES string of the molecule is O=C1NC[C@@H](c2c[nH]c3ccccc23)N[C@@H]1c1c[nH]c2cc(Br)ccc12. The molecule has 26 heavy (non-hydrogen) atoms. The molecular formula is C20H17BrN4O. The Morgan fingerprint density at radius 3 is 2.62 bits per heavy atom. The largest absolute Gasteiger partial charge is 0.361 e. The second-order valence-corrected chi connectivity index (χ2v) is 7.54. The smallest absolute Gasteiger partial charge is 0.241 e. The number of carbonyl (C=O) groups is 1. The van der Waals surface area contributed by atoms with Crippen LogP contribution in [0, 0.1) is 0 Å². The Bertz CT molecular complexity index is 1130. The third kappa shape index (κ3) is 2.45. The van der Waals surface area contributed by atoms with E-state index in [4.69, 9.17) is 0 Å². The molecule has 1 amide bonds. The van der Waals surface area contributed by atoms with E-state index in [1.165, 1.54) is 10.9 Å². The number of carbonyl (C=O) groups excluding carboxylic acids is 1. The molecule has 130 valence electrons. The molecule has 1 fully saturated rings. The van der Waals surface area contributed by atoms with Gasteiger partial charge in [-0.2, -0.15) is 0 Å². The molecular weight excluding hydrogens is 392 g/mol. The van der Waals surface area contributed by atoms with Gasteiger partial charge < -0.3 is 15.3 Å². The number of rotatable bonds is 2. The van der Waals surface area contributed by atoms with Gasteiger partial charge in [-0.25, -0.2) is 0 Å². The first-order valence-corrected chi connectivity index (χ1v) is 9.36. The zero-order valence-corrected chi connectivity index (χ0v) is 15.4. The second-order valence-electron chi connectivity index (χ2n) is 6.62. The minimum atomic E-state index is -0.391. The zero-order valence-electron chi connectivity index (χ0n) is 13.8. The van der Waals surface area contributed by atoms with Crippen LogP contribution >= 0.6 is 15.9 Å². The van der Waals surface area contributed by atoms with Crippen molar-refractivity contribution in [2.45, 2.75) is 12.1 Å². The van der Waals surface area contributed by atoms with Crippen LogP contribution < -0.4 is 10.6 Å². The predicted octanol–water partition coefficient (Wildman–Crippen LogP) is 3.91. The lowest BCUT2D eigenvalue weighted by molar-refractivity contribution is -0.125. The van der Waals surface area contributed by atoms with Crippen LogP contribution in [0.3, 0.4) is 0 Å². The first-order chi connectivity index (χ1) is 12.7. The van der Waals surface area contributed by atoms with E-state index in [1.807, 2.05) is 42.7 Å². The first kappa shape index (κ1) is 15.7. The van der Waals surface area contributed by atoms with Gasteiger partial charge in [0.2, 0.25) is 5.91 Å². The van der Waals surface area contributed by atoms with E-state index >= 15 is 0 Å². The van der Waals surface area contributed by atoms with Crippen LogP contribution in [0.2, 0.25) is 0 Å². The number of hydrogen-bond donors (Lipinski definition) is 4. The Kier molecular flexibility index (Phi) is 3.62. The van der Waals surface area contributed by atoms with E-state index in [9.17, 15) is 4.79 Å². The van der Waals surface area contributed by atoms with Crippen LogP contribution in [-0.2, 0) is 4.79 Å². The van der Waals surface area contributed by atoms with E-state index in [0.717, 1.165) is 26.5 Å². The Hall–Kier alpha value is -2.57. The van der Waals surface area contributed by atoms with E-state index < -0.39 is 6.04 Å². The van der Waals surface area contributed by atoms with Gasteiger partial charge >= 0.3 is 0 Å². The summed E-state index contributed by atoms with van der Waals surface area (Å²) in [4.78, 5) is 19.2. The minimum absolute atomic E-state index is 0.00455. The number of benzene rings is 2. The van der Waals surface area contributed by atoms with Crippen molar-refractivity contribution < 1.29 is 4.79 Å². The summed E-state index contributed by atoms with van der Waals surface area (Å²) in [5.74, 6) is 0.00455. The van der Waals surface area contributed by atoms with Crippen molar-refractivity contribution in [3.63, 3.8) is 0 Å². The summed E-state index contributed by atoms with van der Waals surface area (Å²) in [6.07, 6.45) is 3.95. The van der Waals surface area contributed by atoms with Gasteiger partial charge in [0, 0.05) is 50.8 Å². The van der Waals surface area contributed by atoms with Gasteiger partial charge in [-0.1, -0.05) is 40.2 Å². The average molecular weight is 409 g/mol. The molecule has 4 aromatic rings. The standard InChI is InChI=1S/C20H17BrN4O/c21-11-5-6-13-15(9-23-17(13)7-11)19-20(26)24-10-18(25-19)14-8-22-16-4-2-1-3-12(14)16/h1-9,18-19,22-23,25H,10H2,(H,24,26)/t18-,19+/m0/s1. The van der Waals surface area contributed by atoms with Gasteiger partial charge in [0.25, 0.3) is 0 Å². The fourth-order valence-electron chi connectivity index (χ4n) is 3.81. The van der Waals surface area contributed by atoms with Gasteiger partial charge in [0.1, 0.15) is 6.04 Å². The lowest BCUT2D eigenvalue weighted by atomic mass is 9.98. The average Bonchev–Trinajstić information content (AvgIpc) is 3.26. The van der Waals surface area contributed by atoms with E-state index in [-0.39, 0.29) is 11.9 Å². The first-order valence-electron chi connectivity index (χ1n) is 8.57. The number of aromatic nitrogens is 2. The summed E-state index contributed by atoms with van der Waals surface area (Å²) in [6.45, 7) is 0.574. The molecule has 1 aliphatic rings. The molecule has 3 heterocycles. The van der Waals surface area contributed by atoms with Crippen LogP contribution in [-0.4, -0.2) is 22.4 Å². The lowest BCUT2D eigenvalue weighted by Gasteiger charge is -2.31. The summed E-state index contributed by atoms with van der Waals surface area (Å²) in [5.41, 5.74) is 4.26. The van der Waals surface area contributed by atoms with Crippen molar-refractivity contribution >= 4 is 43.6 Å². The minimum Gasteiger partial charge on any atom is -0.361 e. The van der Waals surface area contributed by atoms with Crippen molar-refractivity contribution in [1.82, 2.24) is 20.6 Å². The highest BCUT2D eigenvalue weighted by Gasteiger charge is 2.32. The molecule has 6 heteroatoms. The molecule has 5 nitrogen and oxygen atoms in total. The van der Waals surface area contributed by atoms with Crippen molar-refractivity contribution in [2.24, 2.45) is 0 Å². The maximum atomic E-state index is 12.6. The van der Waals surface area contributed by atoms with Crippen LogP contribution in [0.25, 0.3) is 21.8 Å². The Morgan fingerprint density at radius 1 is 0.923 bits per heavy atom. The molecule has 2 aromatic heterocycles. The van der Waals surface area contributed by atoms with Crippen molar-refractivity contribution in [2.75, 3.05) is 6.54 Å². The molecule has 2 atom stereocenters. The summed E-state index contributed by atoms with van der Waals surface area (Å²) in [6, 6.07) is 13.9. The molecule has 0 unspecified atom stereocenters. The lowest BCUT2D eigenvalue weighted by Crippen LogP contribution is -2.49. The number of nitrogens with one attached hydrogen (secondary N) is 4. The van der Waals surface area contributed by atoms with E-state index in [2.05, 4.69) is 48.7 Å². The number of fused-ring (bicyclic) bond motifs is 2. The molecule has 0 bridgehead atoms. The van der Waals surface area contributed by atoms with E-state index in [0.29, 0.717) is 6.54 Å². The molecule has 0 saturated carbocycles. The summed E-state index contributed by atoms with van der Waals surface area (Å²) >= 11 is 3.49. The van der Waals surface area contributed by atoms with Crippen molar-refractivity contribution in [1.29, 1.82) is 0 Å². The van der Waals surface area contributed by atoms with Gasteiger partial charge in [0.05, 0.1) is 6.04 Å². The fourth-order valence-corrected chi connectivity index (χ4v) is 4.17. The number of piperazine rings is 1. The molecule has 5 rings (SSSR count). The maximum absolute atomic E-state index is 12.6. The number of para-hydroxylation sites is 1. The quantitative estimate of drug-likeness (QED) is 0.405.